The Morgan fingerprint density at radius 2 is 1.92 bits per heavy atom. The van der Waals surface area contributed by atoms with Crippen molar-refractivity contribution in [3.8, 4) is 0 Å². The second kappa shape index (κ2) is 4.80. The quantitative estimate of drug-likeness (QED) is 0.371. The minimum absolute atomic E-state index is 0.0470. The monoisotopic (exact) mass is 182 g/mol. The van der Waals surface area contributed by atoms with Gasteiger partial charge in [0.25, 0.3) is 0 Å². The Labute approximate surface area is 77.8 Å². The first kappa shape index (κ1) is 9.96. The molecule has 1 saturated carbocycles. The molecule has 1 aliphatic rings. The van der Waals surface area contributed by atoms with Crippen LogP contribution in [-0.2, 0) is 14.3 Å². The summed E-state index contributed by atoms with van der Waals surface area (Å²) in [5.74, 6) is -0.964. The third-order valence-corrected chi connectivity index (χ3v) is 2.19. The number of hydrogen-bond donors (Lipinski definition) is 0. The molecule has 3 heteroatoms. The summed E-state index contributed by atoms with van der Waals surface area (Å²) in [6.45, 7) is 1.71. The molecular formula is C10H14O3. The lowest BCUT2D eigenvalue weighted by Gasteiger charge is -2.05. The van der Waals surface area contributed by atoms with E-state index in [2.05, 4.69) is 4.74 Å². The van der Waals surface area contributed by atoms with E-state index in [4.69, 9.17) is 0 Å². The molecule has 0 unspecified atom stereocenters. The number of ether oxygens (including phenoxy) is 1. The first-order valence-electron chi connectivity index (χ1n) is 4.62. The van der Waals surface area contributed by atoms with Gasteiger partial charge in [-0.2, -0.15) is 0 Å². The molecule has 13 heavy (non-hydrogen) atoms. The van der Waals surface area contributed by atoms with Crippen molar-refractivity contribution < 1.29 is 14.3 Å². The van der Waals surface area contributed by atoms with E-state index in [0.717, 1.165) is 25.7 Å². The van der Waals surface area contributed by atoms with Crippen LogP contribution in [0.15, 0.2) is 12.2 Å². The van der Waals surface area contributed by atoms with Crippen LogP contribution >= 0.6 is 0 Å². The third kappa shape index (κ3) is 3.01. The SMILES string of the molecule is CC=CC(=O)OC(=O)C1CCCC1. The number of allylic oxidation sites excluding steroid dienone is 1. The van der Waals surface area contributed by atoms with E-state index in [1.807, 2.05) is 0 Å². The summed E-state index contributed by atoms with van der Waals surface area (Å²) in [4.78, 5) is 22.1. The van der Waals surface area contributed by atoms with Gasteiger partial charge in [-0.1, -0.05) is 18.9 Å². The van der Waals surface area contributed by atoms with Gasteiger partial charge in [-0.05, 0) is 19.8 Å². The van der Waals surface area contributed by atoms with Crippen LogP contribution < -0.4 is 0 Å². The fraction of sp³-hybridized carbons (Fsp3) is 0.600. The van der Waals surface area contributed by atoms with Crippen LogP contribution in [0, 0.1) is 5.92 Å². The Balaban J connectivity index is 2.35. The molecule has 0 aromatic carbocycles. The van der Waals surface area contributed by atoms with Crippen molar-refractivity contribution in [3.63, 3.8) is 0 Å². The lowest BCUT2D eigenvalue weighted by molar-refractivity contribution is -0.159. The molecule has 0 aromatic rings. The van der Waals surface area contributed by atoms with Crippen LogP contribution in [0.25, 0.3) is 0 Å². The van der Waals surface area contributed by atoms with Crippen LogP contribution in [0.1, 0.15) is 32.6 Å². The van der Waals surface area contributed by atoms with E-state index >= 15 is 0 Å². The van der Waals surface area contributed by atoms with Crippen molar-refractivity contribution in [2.24, 2.45) is 5.92 Å². The standard InChI is InChI=1S/C10H14O3/c1-2-5-9(11)13-10(12)8-6-3-4-7-8/h2,5,8H,3-4,6-7H2,1H3. The van der Waals surface area contributed by atoms with E-state index in [-0.39, 0.29) is 11.9 Å². The van der Waals surface area contributed by atoms with Crippen LogP contribution in [-0.4, -0.2) is 11.9 Å². The average Bonchev–Trinajstić information content (AvgIpc) is 2.55. The number of carbonyl (C=O) groups excluding carboxylic acids is 2. The molecule has 1 aliphatic carbocycles. The van der Waals surface area contributed by atoms with Gasteiger partial charge >= 0.3 is 11.9 Å². The van der Waals surface area contributed by atoms with E-state index < -0.39 is 5.97 Å². The van der Waals surface area contributed by atoms with E-state index in [9.17, 15) is 9.59 Å². The summed E-state index contributed by atoms with van der Waals surface area (Å²) < 4.78 is 4.61. The Hall–Kier alpha value is -1.12. The van der Waals surface area contributed by atoms with Crippen LogP contribution in [0.3, 0.4) is 0 Å². The summed E-state index contributed by atoms with van der Waals surface area (Å²) in [6.07, 6.45) is 6.68. The van der Waals surface area contributed by atoms with Gasteiger partial charge in [-0.3, -0.25) is 4.79 Å². The van der Waals surface area contributed by atoms with Crippen LogP contribution in [0.2, 0.25) is 0 Å². The average molecular weight is 182 g/mol. The summed E-state index contributed by atoms with van der Waals surface area (Å²) in [7, 11) is 0. The fourth-order valence-electron chi connectivity index (χ4n) is 1.51. The topological polar surface area (TPSA) is 43.4 Å². The largest absolute Gasteiger partial charge is 0.390 e. The van der Waals surface area contributed by atoms with Crippen molar-refractivity contribution in [3.05, 3.63) is 12.2 Å². The summed E-state index contributed by atoms with van der Waals surface area (Å²) >= 11 is 0. The highest BCUT2D eigenvalue weighted by Crippen LogP contribution is 2.25. The van der Waals surface area contributed by atoms with Crippen LogP contribution in [0.5, 0.6) is 0 Å². The molecule has 1 fully saturated rings. The maximum atomic E-state index is 11.3. The Kier molecular flexibility index (Phi) is 3.68. The van der Waals surface area contributed by atoms with Crippen molar-refractivity contribution in [2.45, 2.75) is 32.6 Å². The Morgan fingerprint density at radius 1 is 1.31 bits per heavy atom. The zero-order valence-electron chi connectivity index (χ0n) is 7.79. The molecule has 0 radical (unpaired) electrons. The minimum atomic E-state index is -0.556. The van der Waals surface area contributed by atoms with E-state index in [1.165, 1.54) is 6.08 Å². The molecule has 0 spiro atoms. The number of esters is 2. The highest BCUT2D eigenvalue weighted by Gasteiger charge is 2.25. The van der Waals surface area contributed by atoms with Gasteiger partial charge in [-0.15, -0.1) is 0 Å². The molecule has 0 heterocycles. The minimum Gasteiger partial charge on any atom is -0.390 e. The normalized spacial score (nSPS) is 17.9. The lowest BCUT2D eigenvalue weighted by Crippen LogP contribution is -2.17. The summed E-state index contributed by atoms with van der Waals surface area (Å²) in [5.41, 5.74) is 0. The molecule has 0 saturated heterocycles. The highest BCUT2D eigenvalue weighted by atomic mass is 16.6. The lowest BCUT2D eigenvalue weighted by atomic mass is 10.1. The zero-order valence-corrected chi connectivity index (χ0v) is 7.79. The van der Waals surface area contributed by atoms with Crippen molar-refractivity contribution in [1.29, 1.82) is 0 Å². The molecule has 0 aliphatic heterocycles. The van der Waals surface area contributed by atoms with E-state index in [1.54, 1.807) is 13.0 Å². The Morgan fingerprint density at radius 3 is 2.46 bits per heavy atom. The van der Waals surface area contributed by atoms with E-state index in [0.29, 0.717) is 0 Å². The van der Waals surface area contributed by atoms with Gasteiger partial charge in [0, 0.05) is 6.08 Å². The molecular weight excluding hydrogens is 168 g/mol. The molecule has 0 bridgehead atoms. The van der Waals surface area contributed by atoms with Gasteiger partial charge in [-0.25, -0.2) is 4.79 Å². The maximum absolute atomic E-state index is 11.3. The van der Waals surface area contributed by atoms with Gasteiger partial charge in [0.1, 0.15) is 0 Å². The molecule has 0 N–H and O–H groups in total. The molecule has 3 nitrogen and oxygen atoms in total. The summed E-state index contributed by atoms with van der Waals surface area (Å²) in [5, 5.41) is 0. The predicted octanol–water partition coefficient (Wildman–Crippen LogP) is 1.82. The molecule has 1 rings (SSSR count). The Bertz CT molecular complexity index is 224. The van der Waals surface area contributed by atoms with Gasteiger partial charge in [0.05, 0.1) is 5.92 Å². The molecule has 0 aromatic heterocycles. The van der Waals surface area contributed by atoms with Crippen molar-refractivity contribution in [2.75, 3.05) is 0 Å². The number of rotatable bonds is 2. The van der Waals surface area contributed by atoms with Crippen molar-refractivity contribution in [1.82, 2.24) is 0 Å². The van der Waals surface area contributed by atoms with Gasteiger partial charge in [0.15, 0.2) is 0 Å². The first-order chi connectivity index (χ1) is 6.24. The third-order valence-electron chi connectivity index (χ3n) is 2.19. The number of hydrogen-bond acceptors (Lipinski definition) is 3. The smallest absolute Gasteiger partial charge is 0.338 e. The molecule has 0 amide bonds. The highest BCUT2D eigenvalue weighted by molar-refractivity contribution is 5.92. The second-order valence-electron chi connectivity index (χ2n) is 3.22. The molecule has 72 valence electrons. The van der Waals surface area contributed by atoms with Gasteiger partial charge < -0.3 is 4.74 Å². The second-order valence-corrected chi connectivity index (χ2v) is 3.22. The van der Waals surface area contributed by atoms with Crippen molar-refractivity contribution >= 4 is 11.9 Å². The summed E-state index contributed by atoms with van der Waals surface area (Å²) in [6, 6.07) is 0. The fourth-order valence-corrected chi connectivity index (χ4v) is 1.51. The van der Waals surface area contributed by atoms with Crippen LogP contribution in [0.4, 0.5) is 0 Å². The zero-order chi connectivity index (χ0) is 9.68. The predicted molar refractivity (Wildman–Crippen MR) is 47.9 cm³/mol. The number of carbonyl (C=O) groups is 2. The first-order valence-corrected chi connectivity index (χ1v) is 4.62. The van der Waals surface area contributed by atoms with Gasteiger partial charge in [0.2, 0.25) is 0 Å². The molecule has 0 atom stereocenters. The maximum Gasteiger partial charge on any atom is 0.338 e.